The fraction of sp³-hybridized carbons (Fsp3) is 0.467. The minimum atomic E-state index is 0.106. The van der Waals surface area contributed by atoms with Crippen LogP contribution >= 0.6 is 11.3 Å². The maximum atomic E-state index is 4.44. The minimum absolute atomic E-state index is 0.106. The second-order valence-electron chi connectivity index (χ2n) is 5.98. The summed E-state index contributed by atoms with van der Waals surface area (Å²) in [4.78, 5) is 10.9. The summed E-state index contributed by atoms with van der Waals surface area (Å²) in [6.07, 6.45) is 3.79. The Bertz CT molecular complexity index is 514. The number of nitrogens with zero attached hydrogens (tertiary/aromatic N) is 3. The normalized spacial score (nSPS) is 11.6. The minimum Gasteiger partial charge on any atom is -0.340 e. The van der Waals surface area contributed by atoms with Gasteiger partial charge in [-0.1, -0.05) is 0 Å². The molecule has 2 rings (SSSR count). The lowest BCUT2D eigenvalue weighted by atomic mass is 10.1. The molecule has 2 aromatic rings. The number of thiophene rings is 1. The van der Waals surface area contributed by atoms with Gasteiger partial charge in [-0.25, -0.2) is 9.97 Å². The van der Waals surface area contributed by atoms with Crippen molar-refractivity contribution < 1.29 is 0 Å². The molecule has 0 radical (unpaired) electrons. The third kappa shape index (κ3) is 4.58. The smallest absolute Gasteiger partial charge is 0.225 e. The van der Waals surface area contributed by atoms with Gasteiger partial charge in [0.05, 0.1) is 0 Å². The van der Waals surface area contributed by atoms with E-state index in [1.54, 1.807) is 11.3 Å². The molecule has 0 bridgehead atoms. The van der Waals surface area contributed by atoms with Crippen molar-refractivity contribution in [3.8, 4) is 0 Å². The molecule has 0 atom stereocenters. The molecule has 0 amide bonds. The zero-order valence-corrected chi connectivity index (χ0v) is 13.4. The lowest BCUT2D eigenvalue weighted by molar-refractivity contribution is 0.423. The highest BCUT2D eigenvalue weighted by molar-refractivity contribution is 7.07. The summed E-state index contributed by atoms with van der Waals surface area (Å²) >= 11 is 1.71. The maximum absolute atomic E-state index is 4.44. The number of nitrogens with one attached hydrogen (secondary N) is 1. The van der Waals surface area contributed by atoms with E-state index in [9.17, 15) is 0 Å². The second-order valence-corrected chi connectivity index (χ2v) is 6.76. The molecule has 0 aliphatic carbocycles. The van der Waals surface area contributed by atoms with Crippen molar-refractivity contribution in [2.45, 2.75) is 39.4 Å². The average Bonchev–Trinajstić information content (AvgIpc) is 2.89. The van der Waals surface area contributed by atoms with Crippen LogP contribution in [-0.2, 0) is 13.1 Å². The molecule has 0 aromatic carbocycles. The monoisotopic (exact) mass is 290 g/mol. The van der Waals surface area contributed by atoms with Gasteiger partial charge in [0, 0.05) is 43.6 Å². The molecule has 0 spiro atoms. The van der Waals surface area contributed by atoms with E-state index in [4.69, 9.17) is 0 Å². The van der Waals surface area contributed by atoms with Gasteiger partial charge >= 0.3 is 0 Å². The van der Waals surface area contributed by atoms with Gasteiger partial charge in [0.1, 0.15) is 0 Å². The Morgan fingerprint density at radius 1 is 1.20 bits per heavy atom. The molecule has 0 saturated heterocycles. The Morgan fingerprint density at radius 3 is 2.45 bits per heavy atom. The molecule has 0 aliphatic rings. The summed E-state index contributed by atoms with van der Waals surface area (Å²) < 4.78 is 0. The van der Waals surface area contributed by atoms with Crippen LogP contribution in [0, 0.1) is 0 Å². The van der Waals surface area contributed by atoms with Crippen LogP contribution in [0.4, 0.5) is 5.95 Å². The first kappa shape index (κ1) is 14.9. The van der Waals surface area contributed by atoms with Gasteiger partial charge in [-0.2, -0.15) is 11.3 Å². The Morgan fingerprint density at radius 2 is 1.90 bits per heavy atom. The predicted molar refractivity (Wildman–Crippen MR) is 85.1 cm³/mol. The fourth-order valence-electron chi connectivity index (χ4n) is 1.73. The number of rotatable bonds is 5. The van der Waals surface area contributed by atoms with Crippen LogP contribution in [0.5, 0.6) is 0 Å². The van der Waals surface area contributed by atoms with E-state index in [1.807, 2.05) is 19.4 Å². The molecule has 2 heterocycles. The second kappa shape index (κ2) is 6.33. The Labute approximate surface area is 124 Å². The van der Waals surface area contributed by atoms with Crippen LogP contribution in [0.25, 0.3) is 0 Å². The van der Waals surface area contributed by atoms with E-state index in [2.05, 4.69) is 57.8 Å². The average molecular weight is 290 g/mol. The topological polar surface area (TPSA) is 41.1 Å². The van der Waals surface area contributed by atoms with Crippen molar-refractivity contribution in [2.75, 3.05) is 11.9 Å². The highest BCUT2D eigenvalue weighted by atomic mass is 32.1. The van der Waals surface area contributed by atoms with Gasteiger partial charge in [0.25, 0.3) is 0 Å². The zero-order chi connectivity index (χ0) is 14.6. The summed E-state index contributed by atoms with van der Waals surface area (Å²) in [6.45, 7) is 8.08. The standard InChI is InChI=1S/C15H22N4S/c1-15(2,3)18-9-13-7-16-14(17-8-13)19(4)10-12-5-6-20-11-12/h5-8,11,18H,9-10H2,1-4H3. The summed E-state index contributed by atoms with van der Waals surface area (Å²) in [5, 5.41) is 7.67. The van der Waals surface area contributed by atoms with E-state index in [-0.39, 0.29) is 5.54 Å². The number of anilines is 1. The van der Waals surface area contributed by atoms with E-state index in [0.29, 0.717) is 0 Å². The molecule has 4 nitrogen and oxygen atoms in total. The van der Waals surface area contributed by atoms with Crippen molar-refractivity contribution in [2.24, 2.45) is 0 Å². The van der Waals surface area contributed by atoms with Crippen LogP contribution in [-0.4, -0.2) is 22.6 Å². The number of hydrogen-bond acceptors (Lipinski definition) is 5. The molecular weight excluding hydrogens is 268 g/mol. The van der Waals surface area contributed by atoms with Gasteiger partial charge in [-0.05, 0) is 43.2 Å². The van der Waals surface area contributed by atoms with E-state index >= 15 is 0 Å². The molecular formula is C15H22N4S. The van der Waals surface area contributed by atoms with Crippen molar-refractivity contribution in [3.63, 3.8) is 0 Å². The molecule has 0 fully saturated rings. The van der Waals surface area contributed by atoms with Crippen molar-refractivity contribution in [1.29, 1.82) is 0 Å². The predicted octanol–water partition coefficient (Wildman–Crippen LogP) is 3.06. The summed E-state index contributed by atoms with van der Waals surface area (Å²) in [5.74, 6) is 0.760. The molecule has 5 heteroatoms. The lowest BCUT2D eigenvalue weighted by Gasteiger charge is -2.20. The summed E-state index contributed by atoms with van der Waals surface area (Å²) in [7, 11) is 2.01. The van der Waals surface area contributed by atoms with Crippen molar-refractivity contribution in [3.05, 3.63) is 40.3 Å². The van der Waals surface area contributed by atoms with Crippen LogP contribution < -0.4 is 10.2 Å². The van der Waals surface area contributed by atoms with Crippen LogP contribution in [0.15, 0.2) is 29.2 Å². The van der Waals surface area contributed by atoms with Gasteiger partial charge in [0.2, 0.25) is 5.95 Å². The largest absolute Gasteiger partial charge is 0.340 e. The van der Waals surface area contributed by atoms with Crippen molar-refractivity contribution >= 4 is 17.3 Å². The van der Waals surface area contributed by atoms with Crippen molar-refractivity contribution in [1.82, 2.24) is 15.3 Å². The Kier molecular flexibility index (Phi) is 4.73. The zero-order valence-electron chi connectivity index (χ0n) is 12.6. The lowest BCUT2D eigenvalue weighted by Crippen LogP contribution is -2.35. The van der Waals surface area contributed by atoms with Gasteiger partial charge in [-0.3, -0.25) is 0 Å². The van der Waals surface area contributed by atoms with Crippen LogP contribution in [0.2, 0.25) is 0 Å². The Balaban J connectivity index is 1.93. The fourth-order valence-corrected chi connectivity index (χ4v) is 2.39. The van der Waals surface area contributed by atoms with Crippen LogP contribution in [0.1, 0.15) is 31.9 Å². The summed E-state index contributed by atoms with van der Waals surface area (Å²) in [6, 6.07) is 2.13. The first-order chi connectivity index (χ1) is 9.44. The Hall–Kier alpha value is -1.46. The van der Waals surface area contributed by atoms with Crippen LogP contribution in [0.3, 0.4) is 0 Å². The molecule has 0 aliphatic heterocycles. The SMILES string of the molecule is CN(Cc1ccsc1)c1ncc(CNC(C)(C)C)cn1. The molecule has 2 aromatic heterocycles. The maximum Gasteiger partial charge on any atom is 0.225 e. The molecule has 108 valence electrons. The first-order valence-electron chi connectivity index (χ1n) is 6.72. The highest BCUT2D eigenvalue weighted by Gasteiger charge is 2.09. The van der Waals surface area contributed by atoms with E-state index in [0.717, 1.165) is 24.6 Å². The first-order valence-corrected chi connectivity index (χ1v) is 7.66. The molecule has 20 heavy (non-hydrogen) atoms. The molecule has 0 unspecified atom stereocenters. The molecule has 0 saturated carbocycles. The third-order valence-corrected chi connectivity index (χ3v) is 3.59. The van der Waals surface area contributed by atoms with Gasteiger partial charge in [-0.15, -0.1) is 0 Å². The van der Waals surface area contributed by atoms with Gasteiger partial charge < -0.3 is 10.2 Å². The number of aromatic nitrogens is 2. The quantitative estimate of drug-likeness (QED) is 0.919. The molecule has 1 N–H and O–H groups in total. The van der Waals surface area contributed by atoms with E-state index < -0.39 is 0 Å². The number of hydrogen-bond donors (Lipinski definition) is 1. The van der Waals surface area contributed by atoms with E-state index in [1.165, 1.54) is 5.56 Å². The van der Waals surface area contributed by atoms with Gasteiger partial charge in [0.15, 0.2) is 0 Å². The highest BCUT2D eigenvalue weighted by Crippen LogP contribution is 2.13. The summed E-state index contributed by atoms with van der Waals surface area (Å²) in [5.41, 5.74) is 2.50. The third-order valence-electron chi connectivity index (χ3n) is 2.86.